The summed E-state index contributed by atoms with van der Waals surface area (Å²) in [7, 11) is 0. The molecule has 0 aliphatic carbocycles. The van der Waals surface area contributed by atoms with Gasteiger partial charge in [-0.25, -0.2) is 9.59 Å². The molecule has 3 unspecified atom stereocenters. The van der Waals surface area contributed by atoms with Crippen LogP contribution in [0.5, 0.6) is 0 Å². The summed E-state index contributed by atoms with van der Waals surface area (Å²) in [6.45, 7) is 3.03. The molecule has 0 fully saturated rings. The van der Waals surface area contributed by atoms with Gasteiger partial charge in [0.1, 0.15) is 12.1 Å². The Kier molecular flexibility index (Phi) is 11.3. The van der Waals surface area contributed by atoms with Crippen molar-refractivity contribution in [2.24, 2.45) is 0 Å². The second-order valence-electron chi connectivity index (χ2n) is 7.30. The summed E-state index contributed by atoms with van der Waals surface area (Å²) in [5.74, 6) is -22.8. The lowest BCUT2D eigenvalue weighted by molar-refractivity contribution is -0.428. The smallest absolute Gasteiger partial charge is 0.458 e. The second-order valence-corrected chi connectivity index (χ2v) is 7.30. The van der Waals surface area contributed by atoms with Gasteiger partial charge in [-0.3, -0.25) is 14.3 Å². The van der Waals surface area contributed by atoms with E-state index < -0.39 is 72.7 Å². The van der Waals surface area contributed by atoms with E-state index in [-0.39, 0.29) is 25.7 Å². The quantitative estimate of drug-likeness (QED) is 0.238. The fourth-order valence-corrected chi connectivity index (χ4v) is 2.44. The van der Waals surface area contributed by atoms with E-state index in [1.165, 1.54) is 13.8 Å². The largest absolute Gasteiger partial charge is 0.480 e. The lowest BCUT2D eigenvalue weighted by Gasteiger charge is -2.33. The number of rotatable bonds is 15. The predicted octanol–water partition coefficient (Wildman–Crippen LogP) is 2.98. The number of carboxylic acids is 2. The molecule has 0 heterocycles. The maximum Gasteiger partial charge on any atom is 0.458 e. The minimum absolute atomic E-state index is 0.0142. The summed E-state index contributed by atoms with van der Waals surface area (Å²) in [6, 6.07) is -4.38. The van der Waals surface area contributed by atoms with Crippen LogP contribution in [0.25, 0.3) is 0 Å². The minimum atomic E-state index is -6.74. The van der Waals surface area contributed by atoms with Crippen molar-refractivity contribution >= 4 is 23.8 Å². The van der Waals surface area contributed by atoms with Gasteiger partial charge < -0.3 is 20.8 Å². The number of amides is 2. The minimum Gasteiger partial charge on any atom is -0.480 e. The number of unbranched alkanes of at least 4 members (excludes halogenated alkanes) is 2. The molecule has 0 rings (SSSR count). The first-order valence-corrected chi connectivity index (χ1v) is 10.1. The average molecular weight is 532 g/mol. The van der Waals surface area contributed by atoms with E-state index in [4.69, 9.17) is 10.2 Å². The van der Waals surface area contributed by atoms with Crippen molar-refractivity contribution in [3.05, 3.63) is 0 Å². The lowest BCUT2D eigenvalue weighted by atomic mass is 10.1. The molecule has 0 aromatic heterocycles. The molecule has 4 N–H and O–H groups in total. The average Bonchev–Trinajstić information content (AvgIpc) is 2.71. The van der Waals surface area contributed by atoms with Crippen molar-refractivity contribution in [2.75, 3.05) is 0 Å². The fraction of sp³-hybridized carbons (Fsp3) is 0.778. The van der Waals surface area contributed by atoms with E-state index >= 15 is 0 Å². The van der Waals surface area contributed by atoms with Crippen molar-refractivity contribution in [1.29, 1.82) is 0 Å². The third-order valence-electron chi connectivity index (χ3n) is 4.48. The second kappa shape index (κ2) is 12.3. The lowest BCUT2D eigenvalue weighted by Crippen LogP contribution is -2.65. The Balaban J connectivity index is 6.02. The number of aliphatic carboxylic acids is 2. The molecule has 3 atom stereocenters. The molecule has 0 aromatic carbocycles. The first-order chi connectivity index (χ1) is 15.8. The molecule has 204 valence electrons. The SMILES string of the molecule is CCCCC(NC(=O)C(F)(F)C(F)(F)OC(F)(C(=O)NC(CCCC)C(=O)O)C(F)(F)F)C(=O)O. The molecule has 9 nitrogen and oxygen atoms in total. The molecule has 0 saturated carbocycles. The first-order valence-electron chi connectivity index (χ1n) is 10.1. The van der Waals surface area contributed by atoms with Crippen LogP contribution in [0, 0.1) is 0 Å². The van der Waals surface area contributed by atoms with E-state index in [0.717, 1.165) is 10.6 Å². The normalized spacial score (nSPS) is 16.1. The molecule has 0 radical (unpaired) electrons. The molecule has 0 aliphatic heterocycles. The molecule has 17 heteroatoms. The van der Waals surface area contributed by atoms with E-state index in [1.807, 2.05) is 0 Å². The van der Waals surface area contributed by atoms with Crippen LogP contribution < -0.4 is 10.6 Å². The van der Waals surface area contributed by atoms with Gasteiger partial charge in [0.25, 0.3) is 5.91 Å². The number of hydrogen-bond donors (Lipinski definition) is 4. The third-order valence-corrected chi connectivity index (χ3v) is 4.48. The monoisotopic (exact) mass is 532 g/mol. The Morgan fingerprint density at radius 2 is 1.11 bits per heavy atom. The number of hydrogen-bond acceptors (Lipinski definition) is 5. The fourth-order valence-electron chi connectivity index (χ4n) is 2.44. The molecular formula is C18H24F8N2O7. The van der Waals surface area contributed by atoms with Gasteiger partial charge in [0.15, 0.2) is 0 Å². The summed E-state index contributed by atoms with van der Waals surface area (Å²) >= 11 is 0. The van der Waals surface area contributed by atoms with Gasteiger partial charge in [-0.2, -0.15) is 35.1 Å². The van der Waals surface area contributed by atoms with Crippen molar-refractivity contribution in [3.63, 3.8) is 0 Å². The van der Waals surface area contributed by atoms with Gasteiger partial charge in [-0.05, 0) is 12.8 Å². The van der Waals surface area contributed by atoms with Gasteiger partial charge >= 0.3 is 41.9 Å². The van der Waals surface area contributed by atoms with Crippen molar-refractivity contribution in [2.45, 2.75) is 88.5 Å². The number of carbonyl (C=O) groups is 4. The first kappa shape index (κ1) is 32.3. The van der Waals surface area contributed by atoms with Gasteiger partial charge in [0.2, 0.25) is 0 Å². The number of nitrogens with one attached hydrogen (secondary N) is 2. The molecule has 0 spiro atoms. The topological polar surface area (TPSA) is 142 Å². The highest BCUT2D eigenvalue weighted by molar-refractivity contribution is 5.90. The van der Waals surface area contributed by atoms with Crippen LogP contribution in [0.3, 0.4) is 0 Å². The molecular weight excluding hydrogens is 508 g/mol. The Labute approximate surface area is 193 Å². The van der Waals surface area contributed by atoms with Gasteiger partial charge in [0, 0.05) is 0 Å². The van der Waals surface area contributed by atoms with Crippen LogP contribution in [0.2, 0.25) is 0 Å². The van der Waals surface area contributed by atoms with Crippen LogP contribution in [0.15, 0.2) is 0 Å². The van der Waals surface area contributed by atoms with Crippen LogP contribution in [0.4, 0.5) is 35.1 Å². The molecule has 0 saturated heterocycles. The van der Waals surface area contributed by atoms with Crippen LogP contribution in [0.1, 0.15) is 52.4 Å². The van der Waals surface area contributed by atoms with E-state index in [1.54, 1.807) is 0 Å². The van der Waals surface area contributed by atoms with Crippen LogP contribution >= 0.6 is 0 Å². The molecule has 0 bridgehead atoms. The number of carboxylic acid groups (broad SMARTS) is 2. The summed E-state index contributed by atoms with van der Waals surface area (Å²) < 4.78 is 113. The van der Waals surface area contributed by atoms with Gasteiger partial charge in [0.05, 0.1) is 0 Å². The van der Waals surface area contributed by atoms with Gasteiger partial charge in [-0.15, -0.1) is 0 Å². The van der Waals surface area contributed by atoms with Crippen molar-refractivity contribution < 1.29 is 69.3 Å². The van der Waals surface area contributed by atoms with Gasteiger partial charge in [-0.1, -0.05) is 39.5 Å². The Morgan fingerprint density at radius 3 is 1.43 bits per heavy atom. The van der Waals surface area contributed by atoms with Crippen molar-refractivity contribution in [1.82, 2.24) is 10.6 Å². The van der Waals surface area contributed by atoms with E-state index in [0.29, 0.717) is 0 Å². The molecule has 0 aliphatic rings. The van der Waals surface area contributed by atoms with Crippen LogP contribution in [-0.2, 0) is 23.9 Å². The Morgan fingerprint density at radius 1 is 0.743 bits per heavy atom. The third kappa shape index (κ3) is 8.17. The standard InChI is InChI=1S/C18H24F8N2O7/c1-3-5-7-9(11(29)30)27-13(33)15(19,20)18(25,26)35-16(21,17(22,23)24)14(34)28-10(12(31)32)8-6-4-2/h9-10H,3-8H2,1-2H3,(H,27,33)(H,28,34)(H,29,30)(H,31,32). The number of halogens is 8. The summed E-state index contributed by atoms with van der Waals surface area (Å²) in [6.07, 6.45) is -14.0. The van der Waals surface area contributed by atoms with Crippen LogP contribution in [-0.4, -0.2) is 70.1 Å². The number of carbonyl (C=O) groups excluding carboxylic acids is 2. The van der Waals surface area contributed by atoms with Crippen molar-refractivity contribution in [3.8, 4) is 0 Å². The Hall–Kier alpha value is -2.72. The zero-order valence-electron chi connectivity index (χ0n) is 18.4. The molecule has 2 amide bonds. The highest BCUT2D eigenvalue weighted by Crippen LogP contribution is 2.45. The number of alkyl halides is 8. The predicted molar refractivity (Wildman–Crippen MR) is 99.1 cm³/mol. The zero-order valence-corrected chi connectivity index (χ0v) is 18.4. The number of ether oxygens (including phenoxy) is 1. The Bertz CT molecular complexity index is 778. The zero-order chi connectivity index (χ0) is 27.8. The highest BCUT2D eigenvalue weighted by atomic mass is 19.4. The van der Waals surface area contributed by atoms with E-state index in [2.05, 4.69) is 4.74 Å². The summed E-state index contributed by atoms with van der Waals surface area (Å²) in [5.41, 5.74) is 0. The maximum absolute atomic E-state index is 14.5. The summed E-state index contributed by atoms with van der Waals surface area (Å²) in [5, 5.41) is 19.7. The molecule has 0 aromatic rings. The summed E-state index contributed by atoms with van der Waals surface area (Å²) in [4.78, 5) is 45.5. The highest BCUT2D eigenvalue weighted by Gasteiger charge is 2.74. The molecule has 35 heavy (non-hydrogen) atoms. The maximum atomic E-state index is 14.5. The van der Waals surface area contributed by atoms with E-state index in [9.17, 15) is 54.3 Å².